The standard InChI is InChI=1S/C12H21NO2/c1-11(12-7-6-10-15-12)13-8-4-3-5-9-14-2/h6-7,10-11,13H,3-5,8-9H2,1-2H3. The second-order valence-electron chi connectivity index (χ2n) is 3.74. The molecule has 0 aromatic carbocycles. The molecule has 86 valence electrons. The van der Waals surface area contributed by atoms with Crippen molar-refractivity contribution in [3.63, 3.8) is 0 Å². The first-order valence-electron chi connectivity index (χ1n) is 5.60. The second-order valence-corrected chi connectivity index (χ2v) is 3.74. The van der Waals surface area contributed by atoms with Crippen LogP contribution in [0.25, 0.3) is 0 Å². The predicted molar refractivity (Wildman–Crippen MR) is 60.9 cm³/mol. The van der Waals surface area contributed by atoms with Gasteiger partial charge in [-0.05, 0) is 44.9 Å². The van der Waals surface area contributed by atoms with Crippen molar-refractivity contribution in [2.75, 3.05) is 20.3 Å². The van der Waals surface area contributed by atoms with Crippen molar-refractivity contribution in [3.05, 3.63) is 24.2 Å². The summed E-state index contributed by atoms with van der Waals surface area (Å²) in [5, 5.41) is 3.43. The van der Waals surface area contributed by atoms with Crippen LogP contribution in [0.4, 0.5) is 0 Å². The summed E-state index contributed by atoms with van der Waals surface area (Å²) in [5.74, 6) is 1.01. The maximum absolute atomic E-state index is 5.31. The minimum Gasteiger partial charge on any atom is -0.468 e. The van der Waals surface area contributed by atoms with Gasteiger partial charge in [-0.3, -0.25) is 0 Å². The first-order valence-corrected chi connectivity index (χ1v) is 5.60. The van der Waals surface area contributed by atoms with E-state index in [1.807, 2.05) is 12.1 Å². The lowest BCUT2D eigenvalue weighted by atomic mass is 10.2. The lowest BCUT2D eigenvalue weighted by Gasteiger charge is -2.10. The molecule has 1 aromatic heterocycles. The normalized spacial score (nSPS) is 12.9. The Labute approximate surface area is 91.8 Å². The highest BCUT2D eigenvalue weighted by molar-refractivity contribution is 5.02. The van der Waals surface area contributed by atoms with E-state index in [1.54, 1.807) is 13.4 Å². The number of nitrogens with one attached hydrogen (secondary N) is 1. The van der Waals surface area contributed by atoms with Gasteiger partial charge in [-0.2, -0.15) is 0 Å². The molecule has 3 heteroatoms. The Morgan fingerprint density at radius 3 is 2.93 bits per heavy atom. The van der Waals surface area contributed by atoms with Gasteiger partial charge >= 0.3 is 0 Å². The zero-order valence-corrected chi connectivity index (χ0v) is 9.66. The molecule has 1 unspecified atom stereocenters. The van der Waals surface area contributed by atoms with Gasteiger partial charge in [-0.15, -0.1) is 0 Å². The van der Waals surface area contributed by atoms with Crippen LogP contribution in [0.3, 0.4) is 0 Å². The summed E-state index contributed by atoms with van der Waals surface area (Å²) < 4.78 is 10.3. The van der Waals surface area contributed by atoms with Gasteiger partial charge in [0.2, 0.25) is 0 Å². The fourth-order valence-corrected chi connectivity index (χ4v) is 1.50. The maximum Gasteiger partial charge on any atom is 0.120 e. The van der Waals surface area contributed by atoms with Gasteiger partial charge in [0, 0.05) is 13.7 Å². The second kappa shape index (κ2) is 7.49. The number of rotatable bonds is 8. The van der Waals surface area contributed by atoms with Crippen LogP contribution < -0.4 is 5.32 Å². The van der Waals surface area contributed by atoms with Crippen molar-refractivity contribution in [1.29, 1.82) is 0 Å². The molecule has 0 radical (unpaired) electrons. The van der Waals surface area contributed by atoms with Crippen molar-refractivity contribution >= 4 is 0 Å². The Morgan fingerprint density at radius 2 is 2.27 bits per heavy atom. The quantitative estimate of drug-likeness (QED) is 0.671. The Morgan fingerprint density at radius 1 is 1.40 bits per heavy atom. The minimum atomic E-state index is 0.308. The van der Waals surface area contributed by atoms with Gasteiger partial charge in [-0.25, -0.2) is 0 Å². The molecule has 0 fully saturated rings. The third-order valence-corrected chi connectivity index (χ3v) is 2.45. The molecular formula is C12H21NO2. The van der Waals surface area contributed by atoms with Crippen molar-refractivity contribution in [2.45, 2.75) is 32.2 Å². The van der Waals surface area contributed by atoms with E-state index in [4.69, 9.17) is 9.15 Å². The number of unbranched alkanes of at least 4 members (excludes halogenated alkanes) is 2. The van der Waals surface area contributed by atoms with E-state index in [9.17, 15) is 0 Å². The molecule has 1 rings (SSSR count). The molecule has 0 aliphatic heterocycles. The lowest BCUT2D eigenvalue weighted by molar-refractivity contribution is 0.192. The fraction of sp³-hybridized carbons (Fsp3) is 0.667. The number of hydrogen-bond acceptors (Lipinski definition) is 3. The zero-order valence-electron chi connectivity index (χ0n) is 9.66. The molecule has 0 amide bonds. The van der Waals surface area contributed by atoms with Crippen molar-refractivity contribution in [3.8, 4) is 0 Å². The number of ether oxygens (including phenoxy) is 1. The molecule has 1 N–H and O–H groups in total. The predicted octanol–water partition coefficient (Wildman–Crippen LogP) is 2.75. The van der Waals surface area contributed by atoms with Gasteiger partial charge in [0.15, 0.2) is 0 Å². The van der Waals surface area contributed by atoms with E-state index in [-0.39, 0.29) is 0 Å². The molecule has 0 bridgehead atoms. The summed E-state index contributed by atoms with van der Waals surface area (Å²) in [4.78, 5) is 0. The Bertz CT molecular complexity index is 234. The fourth-order valence-electron chi connectivity index (χ4n) is 1.50. The molecule has 0 aliphatic carbocycles. The molecule has 1 aromatic rings. The summed E-state index contributed by atoms with van der Waals surface area (Å²) in [6.45, 7) is 4.02. The third-order valence-electron chi connectivity index (χ3n) is 2.45. The van der Waals surface area contributed by atoms with Gasteiger partial charge in [0.25, 0.3) is 0 Å². The van der Waals surface area contributed by atoms with E-state index in [0.717, 1.165) is 25.3 Å². The van der Waals surface area contributed by atoms with Crippen molar-refractivity contribution in [2.24, 2.45) is 0 Å². The van der Waals surface area contributed by atoms with Crippen LogP contribution in [0.1, 0.15) is 38.0 Å². The van der Waals surface area contributed by atoms with E-state index < -0.39 is 0 Å². The van der Waals surface area contributed by atoms with E-state index >= 15 is 0 Å². The first-order chi connectivity index (χ1) is 7.34. The van der Waals surface area contributed by atoms with Crippen LogP contribution >= 0.6 is 0 Å². The van der Waals surface area contributed by atoms with Gasteiger partial charge < -0.3 is 14.5 Å². The maximum atomic E-state index is 5.31. The van der Waals surface area contributed by atoms with Crippen LogP contribution in [-0.2, 0) is 4.74 Å². The molecule has 1 heterocycles. The molecule has 3 nitrogen and oxygen atoms in total. The van der Waals surface area contributed by atoms with Crippen molar-refractivity contribution < 1.29 is 9.15 Å². The summed E-state index contributed by atoms with van der Waals surface area (Å²) in [6, 6.07) is 4.23. The highest BCUT2D eigenvalue weighted by Gasteiger charge is 2.05. The van der Waals surface area contributed by atoms with E-state index in [2.05, 4.69) is 12.2 Å². The molecule has 0 aliphatic rings. The molecule has 0 saturated heterocycles. The van der Waals surface area contributed by atoms with Crippen LogP contribution in [0.15, 0.2) is 22.8 Å². The van der Waals surface area contributed by atoms with E-state index in [0.29, 0.717) is 6.04 Å². The summed E-state index contributed by atoms with van der Waals surface area (Å²) >= 11 is 0. The minimum absolute atomic E-state index is 0.308. The molecular weight excluding hydrogens is 190 g/mol. The Balaban J connectivity index is 2.00. The van der Waals surface area contributed by atoms with Crippen LogP contribution in [0.2, 0.25) is 0 Å². The van der Waals surface area contributed by atoms with Crippen molar-refractivity contribution in [1.82, 2.24) is 5.32 Å². The van der Waals surface area contributed by atoms with Gasteiger partial charge in [0.05, 0.1) is 12.3 Å². The molecule has 15 heavy (non-hydrogen) atoms. The van der Waals surface area contributed by atoms with E-state index in [1.165, 1.54) is 12.8 Å². The number of furan rings is 1. The van der Waals surface area contributed by atoms with Crippen LogP contribution in [0.5, 0.6) is 0 Å². The Kier molecular flexibility index (Phi) is 6.12. The summed E-state index contributed by atoms with van der Waals surface area (Å²) in [5.41, 5.74) is 0. The SMILES string of the molecule is COCCCCCNC(C)c1ccco1. The smallest absolute Gasteiger partial charge is 0.120 e. The van der Waals surface area contributed by atoms with Gasteiger partial charge in [0.1, 0.15) is 5.76 Å². The number of methoxy groups -OCH3 is 1. The summed E-state index contributed by atoms with van der Waals surface area (Å²) in [7, 11) is 1.75. The highest BCUT2D eigenvalue weighted by atomic mass is 16.5. The topological polar surface area (TPSA) is 34.4 Å². The highest BCUT2D eigenvalue weighted by Crippen LogP contribution is 2.11. The lowest BCUT2D eigenvalue weighted by Crippen LogP contribution is -2.19. The average Bonchev–Trinajstić information content (AvgIpc) is 2.76. The molecule has 0 saturated carbocycles. The monoisotopic (exact) mass is 211 g/mol. The Hall–Kier alpha value is -0.800. The summed E-state index contributed by atoms with van der Waals surface area (Å²) in [6.07, 6.45) is 5.26. The van der Waals surface area contributed by atoms with Crippen LogP contribution in [0, 0.1) is 0 Å². The number of hydrogen-bond donors (Lipinski definition) is 1. The average molecular weight is 211 g/mol. The zero-order chi connectivity index (χ0) is 10.9. The third kappa shape index (κ3) is 5.00. The molecule has 1 atom stereocenters. The molecule has 0 spiro atoms. The van der Waals surface area contributed by atoms with Gasteiger partial charge in [-0.1, -0.05) is 0 Å². The largest absolute Gasteiger partial charge is 0.468 e. The van der Waals surface area contributed by atoms with Crippen LogP contribution in [-0.4, -0.2) is 20.3 Å². The first kappa shape index (κ1) is 12.3.